The molecule has 0 N–H and O–H groups in total. The molecule has 1 amide bonds. The molecule has 0 radical (unpaired) electrons. The summed E-state index contributed by atoms with van der Waals surface area (Å²) >= 11 is 0. The van der Waals surface area contributed by atoms with Crippen molar-refractivity contribution in [2.24, 2.45) is 5.92 Å². The molecule has 3 heterocycles. The van der Waals surface area contributed by atoms with Crippen LogP contribution in [0.2, 0.25) is 0 Å². The first-order valence-corrected chi connectivity index (χ1v) is 9.75. The minimum absolute atomic E-state index is 0.252. The number of nitrogens with zero attached hydrogens (tertiary/aromatic N) is 3. The highest BCUT2D eigenvalue weighted by atomic mass is 16.5. The fourth-order valence-electron chi connectivity index (χ4n) is 4.88. The highest BCUT2D eigenvalue weighted by molar-refractivity contribution is 5.79. The van der Waals surface area contributed by atoms with E-state index in [2.05, 4.69) is 20.9 Å². The van der Waals surface area contributed by atoms with Crippen molar-refractivity contribution in [3.8, 4) is 0 Å². The van der Waals surface area contributed by atoms with Crippen LogP contribution in [0.4, 0.5) is 0 Å². The van der Waals surface area contributed by atoms with Gasteiger partial charge in [-0.15, -0.1) is 0 Å². The van der Waals surface area contributed by atoms with Gasteiger partial charge < -0.3 is 9.64 Å². The smallest absolute Gasteiger partial charge is 0.225 e. The minimum atomic E-state index is 0.252. The lowest BCUT2D eigenvalue weighted by molar-refractivity contribution is -0.141. The third-order valence-corrected chi connectivity index (χ3v) is 6.38. The van der Waals surface area contributed by atoms with Gasteiger partial charge in [-0.2, -0.15) is 0 Å². The molecule has 3 fully saturated rings. The minimum Gasteiger partial charge on any atom is -0.378 e. The maximum absolute atomic E-state index is 12.6. The molecule has 0 unspecified atom stereocenters. The van der Waals surface area contributed by atoms with E-state index in [1.54, 1.807) is 7.11 Å². The van der Waals surface area contributed by atoms with E-state index in [-0.39, 0.29) is 6.10 Å². The molecule has 25 heavy (non-hydrogen) atoms. The van der Waals surface area contributed by atoms with Crippen LogP contribution in [0.5, 0.6) is 0 Å². The Morgan fingerprint density at radius 2 is 1.96 bits per heavy atom. The molecule has 2 atom stereocenters. The fraction of sp³-hybridized carbons (Fsp3) is 0.700. The average molecular weight is 343 g/mol. The van der Waals surface area contributed by atoms with Crippen LogP contribution in [0.3, 0.4) is 0 Å². The molecule has 1 aliphatic carbocycles. The third-order valence-electron chi connectivity index (χ3n) is 6.38. The van der Waals surface area contributed by atoms with E-state index in [4.69, 9.17) is 4.74 Å². The second-order valence-electron chi connectivity index (χ2n) is 7.74. The van der Waals surface area contributed by atoms with E-state index in [1.165, 1.54) is 18.4 Å². The number of ether oxygens (including phenoxy) is 1. The van der Waals surface area contributed by atoms with Crippen molar-refractivity contribution in [2.75, 3.05) is 26.7 Å². The fourth-order valence-corrected chi connectivity index (χ4v) is 4.88. The van der Waals surface area contributed by atoms with Gasteiger partial charge in [0, 0.05) is 51.1 Å². The van der Waals surface area contributed by atoms with E-state index >= 15 is 0 Å². The Hall–Kier alpha value is -1.46. The summed E-state index contributed by atoms with van der Waals surface area (Å²) in [7, 11) is 1.80. The first-order chi connectivity index (χ1) is 12.3. The van der Waals surface area contributed by atoms with Gasteiger partial charge in [-0.3, -0.25) is 14.7 Å². The van der Waals surface area contributed by atoms with Crippen LogP contribution in [-0.4, -0.2) is 59.6 Å². The summed E-state index contributed by atoms with van der Waals surface area (Å²) in [6.45, 7) is 2.80. The Kier molecular flexibility index (Phi) is 5.04. The summed E-state index contributed by atoms with van der Waals surface area (Å²) in [6.07, 6.45) is 10.8. The second-order valence-corrected chi connectivity index (χ2v) is 7.74. The number of hydrogen-bond acceptors (Lipinski definition) is 4. The molecule has 0 bridgehead atoms. The van der Waals surface area contributed by atoms with Crippen LogP contribution in [-0.2, 0) is 9.53 Å². The van der Waals surface area contributed by atoms with E-state index in [1.807, 2.05) is 18.5 Å². The SMILES string of the molecule is CO[C@H]1CN(C2CCN(C(=O)C3CCCC3)CC2)[C@H]1c1cccnc1. The van der Waals surface area contributed by atoms with E-state index < -0.39 is 0 Å². The Morgan fingerprint density at radius 3 is 2.60 bits per heavy atom. The zero-order valence-electron chi connectivity index (χ0n) is 15.1. The first kappa shape index (κ1) is 17.0. The van der Waals surface area contributed by atoms with Crippen molar-refractivity contribution < 1.29 is 9.53 Å². The van der Waals surface area contributed by atoms with Crippen LogP contribution >= 0.6 is 0 Å². The summed E-state index contributed by atoms with van der Waals surface area (Å²) in [5, 5.41) is 0. The predicted octanol–water partition coefficient (Wildman–Crippen LogP) is 2.63. The predicted molar refractivity (Wildman–Crippen MR) is 96.0 cm³/mol. The first-order valence-electron chi connectivity index (χ1n) is 9.75. The number of pyridine rings is 1. The molecule has 1 saturated carbocycles. The van der Waals surface area contributed by atoms with E-state index in [0.717, 1.165) is 45.3 Å². The van der Waals surface area contributed by atoms with Crippen molar-refractivity contribution in [1.82, 2.24) is 14.8 Å². The van der Waals surface area contributed by atoms with Crippen LogP contribution in [0.1, 0.15) is 50.1 Å². The number of hydrogen-bond donors (Lipinski definition) is 0. The van der Waals surface area contributed by atoms with Gasteiger partial charge in [0.25, 0.3) is 0 Å². The molecule has 1 aromatic rings. The molecule has 2 saturated heterocycles. The molecule has 136 valence electrons. The van der Waals surface area contributed by atoms with Gasteiger partial charge in [0.1, 0.15) is 0 Å². The summed E-state index contributed by atoms with van der Waals surface area (Å²) in [5.74, 6) is 0.722. The number of likely N-dealkylation sites (tertiary alicyclic amines) is 2. The molecule has 3 aliphatic rings. The summed E-state index contributed by atoms with van der Waals surface area (Å²) < 4.78 is 5.67. The Morgan fingerprint density at radius 1 is 1.20 bits per heavy atom. The number of carbonyl (C=O) groups excluding carboxylic acids is 1. The monoisotopic (exact) mass is 343 g/mol. The molecule has 1 aromatic heterocycles. The normalized spacial score (nSPS) is 28.9. The number of aromatic nitrogens is 1. The molecule has 4 rings (SSSR count). The van der Waals surface area contributed by atoms with Crippen molar-refractivity contribution in [1.29, 1.82) is 0 Å². The zero-order valence-corrected chi connectivity index (χ0v) is 15.1. The van der Waals surface area contributed by atoms with Gasteiger partial charge in [0.05, 0.1) is 12.1 Å². The highest BCUT2D eigenvalue weighted by Crippen LogP contribution is 2.39. The third kappa shape index (κ3) is 3.32. The molecule has 5 heteroatoms. The van der Waals surface area contributed by atoms with Gasteiger partial charge >= 0.3 is 0 Å². The van der Waals surface area contributed by atoms with Crippen LogP contribution < -0.4 is 0 Å². The quantitative estimate of drug-likeness (QED) is 0.843. The van der Waals surface area contributed by atoms with Gasteiger partial charge in [-0.1, -0.05) is 18.9 Å². The van der Waals surface area contributed by atoms with Gasteiger partial charge in [-0.25, -0.2) is 0 Å². The molecular formula is C20H29N3O2. The molecule has 0 spiro atoms. The lowest BCUT2D eigenvalue weighted by atomic mass is 9.87. The Balaban J connectivity index is 1.36. The number of piperidine rings is 1. The summed E-state index contributed by atoms with van der Waals surface area (Å²) in [5.41, 5.74) is 1.24. The second kappa shape index (κ2) is 7.42. The number of rotatable bonds is 4. The maximum atomic E-state index is 12.6. The van der Waals surface area contributed by atoms with Crippen molar-refractivity contribution in [3.63, 3.8) is 0 Å². The molecule has 5 nitrogen and oxygen atoms in total. The molecule has 2 aliphatic heterocycles. The molecule has 0 aromatic carbocycles. The van der Waals surface area contributed by atoms with Crippen LogP contribution in [0.15, 0.2) is 24.5 Å². The van der Waals surface area contributed by atoms with E-state index in [9.17, 15) is 4.79 Å². The maximum Gasteiger partial charge on any atom is 0.225 e. The topological polar surface area (TPSA) is 45.7 Å². The Bertz CT molecular complexity index is 580. The van der Waals surface area contributed by atoms with Crippen LogP contribution in [0, 0.1) is 5.92 Å². The van der Waals surface area contributed by atoms with Crippen molar-refractivity contribution >= 4 is 5.91 Å². The highest BCUT2D eigenvalue weighted by Gasteiger charge is 2.45. The zero-order chi connectivity index (χ0) is 17.2. The number of methoxy groups -OCH3 is 1. The van der Waals surface area contributed by atoms with Gasteiger partial charge in [-0.05, 0) is 37.3 Å². The lowest BCUT2D eigenvalue weighted by Crippen LogP contribution is -2.60. The lowest BCUT2D eigenvalue weighted by Gasteiger charge is -2.53. The summed E-state index contributed by atoms with van der Waals surface area (Å²) in [4.78, 5) is 21.6. The van der Waals surface area contributed by atoms with E-state index in [0.29, 0.717) is 23.9 Å². The van der Waals surface area contributed by atoms with Gasteiger partial charge in [0.15, 0.2) is 0 Å². The average Bonchev–Trinajstić information content (AvgIpc) is 3.17. The largest absolute Gasteiger partial charge is 0.378 e. The Labute approximate surface area is 150 Å². The van der Waals surface area contributed by atoms with Crippen LogP contribution in [0.25, 0.3) is 0 Å². The molecular weight excluding hydrogens is 314 g/mol. The van der Waals surface area contributed by atoms with Gasteiger partial charge in [0.2, 0.25) is 5.91 Å². The number of carbonyl (C=O) groups is 1. The van der Waals surface area contributed by atoms with Crippen molar-refractivity contribution in [3.05, 3.63) is 30.1 Å². The van der Waals surface area contributed by atoms with Crippen molar-refractivity contribution in [2.45, 2.75) is 56.7 Å². The number of amides is 1. The standard InChI is InChI=1S/C20H29N3O2/c1-25-18-14-23(19(18)16-7-4-10-21-13-16)17-8-11-22(12-9-17)20(24)15-5-2-3-6-15/h4,7,10,13,15,17-19H,2-3,5-6,8-9,11-12,14H2,1H3/t18-,19-/m0/s1. The summed E-state index contributed by atoms with van der Waals surface area (Å²) in [6, 6.07) is 5.00.